The van der Waals surface area contributed by atoms with Gasteiger partial charge in [-0.1, -0.05) is 102 Å². The average Bonchev–Trinajstić information content (AvgIpc) is 2.77. The van der Waals surface area contributed by atoms with Crippen LogP contribution in [0.5, 0.6) is 0 Å². The van der Waals surface area contributed by atoms with Crippen LogP contribution in [0.25, 0.3) is 10.8 Å². The smallest absolute Gasteiger partial charge is 0.0828 e. The summed E-state index contributed by atoms with van der Waals surface area (Å²) in [5, 5.41) is 6.07. The molecule has 2 aromatic rings. The number of hydrogen-bond acceptors (Lipinski definition) is 3. The van der Waals surface area contributed by atoms with Crippen molar-refractivity contribution in [3.8, 4) is 0 Å². The van der Waals surface area contributed by atoms with Gasteiger partial charge in [0.25, 0.3) is 0 Å². The number of thiocarbonyl (C=S) groups is 1. The van der Waals surface area contributed by atoms with Gasteiger partial charge in [0.1, 0.15) is 0 Å². The molecule has 0 radical (unpaired) electrons. The van der Waals surface area contributed by atoms with Crippen LogP contribution in [-0.4, -0.2) is 16.2 Å². The Kier molecular flexibility index (Phi) is 12.4. The van der Waals surface area contributed by atoms with Crippen molar-refractivity contribution in [2.75, 3.05) is 11.6 Å². The Labute approximate surface area is 194 Å². The molecule has 0 saturated heterocycles. The molecule has 1 heterocycles. The molecule has 4 heteroatoms. The zero-order valence-corrected chi connectivity index (χ0v) is 20.8. The molecule has 1 N–H and O–H groups in total. The van der Waals surface area contributed by atoms with Crippen molar-refractivity contribution in [3.63, 3.8) is 0 Å². The third kappa shape index (κ3) is 8.19. The molecular formula is C26H40N2S2. The van der Waals surface area contributed by atoms with Crippen molar-refractivity contribution in [1.29, 1.82) is 0 Å². The van der Waals surface area contributed by atoms with Gasteiger partial charge in [-0.2, -0.15) is 0 Å². The second-order valence-corrected chi connectivity index (χ2v) is 9.63. The summed E-state index contributed by atoms with van der Waals surface area (Å²) in [5.41, 5.74) is 1.13. The number of nitrogens with zero attached hydrogens (tertiary/aromatic N) is 1. The first-order chi connectivity index (χ1) is 14.7. The fourth-order valence-electron chi connectivity index (χ4n) is 4.09. The highest BCUT2D eigenvalue weighted by Gasteiger charge is 2.16. The van der Waals surface area contributed by atoms with Gasteiger partial charge in [-0.05, 0) is 25.2 Å². The van der Waals surface area contributed by atoms with Crippen LogP contribution in [0.2, 0.25) is 0 Å². The van der Waals surface area contributed by atoms with Crippen molar-refractivity contribution in [3.05, 3.63) is 30.6 Å². The Balaban J connectivity index is 2.04. The molecule has 2 rings (SSSR count). The Hall–Kier alpha value is -1.13. The predicted octanol–water partition coefficient (Wildman–Crippen LogP) is 9.03. The molecule has 30 heavy (non-hydrogen) atoms. The zero-order valence-electron chi connectivity index (χ0n) is 19.2. The molecule has 0 aliphatic carbocycles. The monoisotopic (exact) mass is 444 g/mol. The van der Waals surface area contributed by atoms with E-state index in [2.05, 4.69) is 48.6 Å². The van der Waals surface area contributed by atoms with Gasteiger partial charge in [0.05, 0.1) is 4.99 Å². The van der Waals surface area contributed by atoms with Gasteiger partial charge in [0.15, 0.2) is 0 Å². The average molecular weight is 445 g/mol. The maximum absolute atomic E-state index is 5.96. The van der Waals surface area contributed by atoms with Crippen LogP contribution in [0.4, 0.5) is 5.69 Å². The molecule has 0 aliphatic rings. The molecule has 166 valence electrons. The number of nitrogens with one attached hydrogen (secondary N) is 1. The van der Waals surface area contributed by atoms with Gasteiger partial charge in [0.2, 0.25) is 0 Å². The van der Waals surface area contributed by atoms with E-state index >= 15 is 0 Å². The first-order valence-corrected chi connectivity index (χ1v) is 13.6. The number of thioether (sulfide) groups is 1. The predicted molar refractivity (Wildman–Crippen MR) is 140 cm³/mol. The topological polar surface area (TPSA) is 24.9 Å². The Morgan fingerprint density at radius 2 is 1.57 bits per heavy atom. The number of rotatable bonds is 15. The molecule has 0 bridgehead atoms. The molecule has 1 aromatic carbocycles. The lowest BCUT2D eigenvalue weighted by atomic mass is 9.93. The highest BCUT2D eigenvalue weighted by atomic mass is 32.2. The lowest BCUT2D eigenvalue weighted by molar-refractivity contribution is 0.491. The Morgan fingerprint density at radius 1 is 0.933 bits per heavy atom. The zero-order chi connectivity index (χ0) is 21.6. The van der Waals surface area contributed by atoms with Crippen LogP contribution in [0.1, 0.15) is 90.9 Å². The molecule has 1 aromatic heterocycles. The minimum Gasteiger partial charge on any atom is -0.349 e. The lowest BCUT2D eigenvalue weighted by Crippen LogP contribution is -2.21. The summed E-state index contributed by atoms with van der Waals surface area (Å²) in [7, 11) is 0. The van der Waals surface area contributed by atoms with Gasteiger partial charge in [-0.15, -0.1) is 11.8 Å². The maximum atomic E-state index is 5.96. The number of aromatic nitrogens is 1. The highest BCUT2D eigenvalue weighted by Crippen LogP contribution is 2.32. The number of pyridine rings is 1. The summed E-state index contributed by atoms with van der Waals surface area (Å²) in [5.74, 6) is 0.484. The summed E-state index contributed by atoms with van der Waals surface area (Å²) < 4.78 is 0. The molecule has 0 fully saturated rings. The van der Waals surface area contributed by atoms with Crippen LogP contribution in [0.15, 0.2) is 35.5 Å². The number of anilines is 1. The molecule has 0 aliphatic heterocycles. The standard InChI is InChI=1S/C26H40N2S2/c1-4-6-8-10-11-13-16-21(15-12-9-7-5-2)26(29)28-23-18-14-17-22-19-27-20-24(30-3)25(22)23/h14,17-21H,4-13,15-16H2,1-3H3,(H,28,29). The van der Waals surface area contributed by atoms with Gasteiger partial charge < -0.3 is 5.32 Å². The third-order valence-electron chi connectivity index (χ3n) is 5.91. The van der Waals surface area contributed by atoms with E-state index in [1.54, 1.807) is 11.8 Å². The van der Waals surface area contributed by atoms with Crippen LogP contribution in [-0.2, 0) is 0 Å². The van der Waals surface area contributed by atoms with E-state index in [0.717, 1.165) is 10.7 Å². The van der Waals surface area contributed by atoms with Crippen LogP contribution in [0.3, 0.4) is 0 Å². The first-order valence-electron chi connectivity index (χ1n) is 11.9. The SMILES string of the molecule is CCCCCCCCC(CCCCCC)C(=S)Nc1cccc2cncc(SC)c12. The van der Waals surface area contributed by atoms with Crippen molar-refractivity contribution in [2.45, 2.75) is 95.8 Å². The van der Waals surface area contributed by atoms with Crippen LogP contribution >= 0.6 is 24.0 Å². The van der Waals surface area contributed by atoms with Crippen molar-refractivity contribution in [1.82, 2.24) is 4.98 Å². The quantitative estimate of drug-likeness (QED) is 0.168. The summed E-state index contributed by atoms with van der Waals surface area (Å²) in [6.07, 6.45) is 21.7. The van der Waals surface area contributed by atoms with E-state index in [1.807, 2.05) is 12.4 Å². The van der Waals surface area contributed by atoms with Gasteiger partial charge in [-0.3, -0.25) is 4.98 Å². The second-order valence-electron chi connectivity index (χ2n) is 8.34. The van der Waals surface area contributed by atoms with Gasteiger partial charge >= 0.3 is 0 Å². The molecule has 1 atom stereocenters. The largest absolute Gasteiger partial charge is 0.349 e. The molecule has 0 saturated carbocycles. The first kappa shape index (κ1) is 25.1. The highest BCUT2D eigenvalue weighted by molar-refractivity contribution is 7.98. The van der Waals surface area contributed by atoms with Gasteiger partial charge in [-0.25, -0.2) is 0 Å². The summed E-state index contributed by atoms with van der Waals surface area (Å²) in [6, 6.07) is 6.39. The minimum absolute atomic E-state index is 0.484. The maximum Gasteiger partial charge on any atom is 0.0828 e. The van der Waals surface area contributed by atoms with E-state index < -0.39 is 0 Å². The molecule has 0 spiro atoms. The number of unbranched alkanes of at least 4 members (excludes halogenated alkanes) is 8. The normalized spacial score (nSPS) is 12.2. The van der Waals surface area contributed by atoms with E-state index in [0.29, 0.717) is 5.92 Å². The van der Waals surface area contributed by atoms with Crippen molar-refractivity contribution < 1.29 is 0 Å². The molecule has 2 nitrogen and oxygen atoms in total. The van der Waals surface area contributed by atoms with Gasteiger partial charge in [0, 0.05) is 39.7 Å². The number of hydrogen-bond donors (Lipinski definition) is 1. The molecule has 0 amide bonds. The Morgan fingerprint density at radius 3 is 2.23 bits per heavy atom. The summed E-state index contributed by atoms with van der Waals surface area (Å²) >= 11 is 7.71. The van der Waals surface area contributed by atoms with E-state index in [9.17, 15) is 0 Å². The molecule has 1 unspecified atom stereocenters. The fraction of sp³-hybridized carbons (Fsp3) is 0.615. The van der Waals surface area contributed by atoms with E-state index in [4.69, 9.17) is 12.2 Å². The summed E-state index contributed by atoms with van der Waals surface area (Å²) in [4.78, 5) is 6.61. The fourth-order valence-corrected chi connectivity index (χ4v) is 5.04. The van der Waals surface area contributed by atoms with Crippen LogP contribution in [0, 0.1) is 5.92 Å². The van der Waals surface area contributed by atoms with Crippen molar-refractivity contribution in [2.24, 2.45) is 5.92 Å². The number of fused-ring (bicyclic) bond motifs is 1. The lowest BCUT2D eigenvalue weighted by Gasteiger charge is -2.21. The van der Waals surface area contributed by atoms with Crippen LogP contribution < -0.4 is 5.32 Å². The Bertz CT molecular complexity index is 755. The summed E-state index contributed by atoms with van der Waals surface area (Å²) in [6.45, 7) is 4.56. The van der Waals surface area contributed by atoms with E-state index in [1.165, 1.54) is 92.7 Å². The second kappa shape index (κ2) is 14.8. The number of benzene rings is 1. The van der Waals surface area contributed by atoms with Crippen molar-refractivity contribution >= 4 is 45.4 Å². The third-order valence-corrected chi connectivity index (χ3v) is 7.09. The minimum atomic E-state index is 0.484. The van der Waals surface area contributed by atoms with E-state index in [-0.39, 0.29) is 0 Å². The molecular weight excluding hydrogens is 404 g/mol.